The summed E-state index contributed by atoms with van der Waals surface area (Å²) in [6, 6.07) is 2.97. The molecule has 1 amide bonds. The van der Waals surface area contributed by atoms with Crippen LogP contribution in [0.1, 0.15) is 17.3 Å². The van der Waals surface area contributed by atoms with Crippen LogP contribution in [0.4, 0.5) is 8.78 Å². The number of carbonyl (C=O) groups excluding carboxylic acids is 1. The summed E-state index contributed by atoms with van der Waals surface area (Å²) in [5, 5.41) is 9.83. The van der Waals surface area contributed by atoms with Crippen molar-refractivity contribution in [2.24, 2.45) is 0 Å². The lowest BCUT2D eigenvalue weighted by atomic mass is 10.1. The molecular weight excluding hydrogens is 256 g/mol. The minimum Gasteiger partial charge on any atom is -0.424 e. The van der Waals surface area contributed by atoms with Crippen molar-refractivity contribution in [2.75, 3.05) is 0 Å². The summed E-state index contributed by atoms with van der Waals surface area (Å²) < 4.78 is 30.9. The van der Waals surface area contributed by atoms with E-state index in [2.05, 4.69) is 15.5 Å². The molecule has 100 valence electrons. The summed E-state index contributed by atoms with van der Waals surface area (Å²) in [6.07, 6.45) is -0.123. The van der Waals surface area contributed by atoms with Crippen molar-refractivity contribution in [1.82, 2.24) is 15.5 Å². The average molecular weight is 267 g/mol. The van der Waals surface area contributed by atoms with E-state index in [9.17, 15) is 13.6 Å². The molecule has 2 aromatic rings. The second-order valence-electron chi connectivity index (χ2n) is 3.95. The van der Waals surface area contributed by atoms with E-state index in [0.717, 1.165) is 18.2 Å². The van der Waals surface area contributed by atoms with Crippen LogP contribution in [-0.2, 0) is 17.8 Å². The third kappa shape index (κ3) is 3.84. The highest BCUT2D eigenvalue weighted by atomic mass is 19.1. The highest BCUT2D eigenvalue weighted by Crippen LogP contribution is 2.08. The minimum atomic E-state index is -0.713. The number of hydrogen-bond acceptors (Lipinski definition) is 4. The lowest BCUT2D eigenvalue weighted by Crippen LogP contribution is -2.24. The standard InChI is InChI=1S/C12H11F2N3O2/c1-7-16-17-12(19-7)6-15-11(18)4-8-2-9(13)5-10(14)3-8/h2-3,5H,4,6H2,1H3,(H,15,18). The Morgan fingerprint density at radius 3 is 2.53 bits per heavy atom. The number of hydrogen-bond donors (Lipinski definition) is 1. The molecule has 0 aliphatic carbocycles. The molecule has 0 aliphatic heterocycles. The molecule has 0 atom stereocenters. The number of nitrogens with zero attached hydrogens (tertiary/aromatic N) is 2. The second kappa shape index (κ2) is 5.55. The van der Waals surface area contributed by atoms with Crippen molar-refractivity contribution >= 4 is 5.91 Å². The molecule has 7 heteroatoms. The van der Waals surface area contributed by atoms with Crippen LogP contribution >= 0.6 is 0 Å². The van der Waals surface area contributed by atoms with Gasteiger partial charge in [0.05, 0.1) is 13.0 Å². The molecule has 0 radical (unpaired) electrons. The number of aryl methyl sites for hydroxylation is 1. The van der Waals surface area contributed by atoms with E-state index < -0.39 is 11.6 Å². The molecule has 1 heterocycles. The van der Waals surface area contributed by atoms with E-state index in [1.165, 1.54) is 0 Å². The van der Waals surface area contributed by atoms with Crippen LogP contribution in [0, 0.1) is 18.6 Å². The normalized spacial score (nSPS) is 10.5. The zero-order valence-electron chi connectivity index (χ0n) is 10.1. The van der Waals surface area contributed by atoms with E-state index in [-0.39, 0.29) is 30.3 Å². The summed E-state index contributed by atoms with van der Waals surface area (Å²) in [5.74, 6) is -1.14. The summed E-state index contributed by atoms with van der Waals surface area (Å²) in [5.41, 5.74) is 0.261. The number of aromatic nitrogens is 2. The quantitative estimate of drug-likeness (QED) is 0.911. The average Bonchev–Trinajstić information content (AvgIpc) is 2.71. The monoisotopic (exact) mass is 267 g/mol. The van der Waals surface area contributed by atoms with Gasteiger partial charge in [0.15, 0.2) is 0 Å². The smallest absolute Gasteiger partial charge is 0.235 e. The van der Waals surface area contributed by atoms with Gasteiger partial charge < -0.3 is 9.73 Å². The van der Waals surface area contributed by atoms with Crippen molar-refractivity contribution in [3.63, 3.8) is 0 Å². The molecule has 0 unspecified atom stereocenters. The van der Waals surface area contributed by atoms with Gasteiger partial charge in [-0.1, -0.05) is 0 Å². The van der Waals surface area contributed by atoms with E-state index in [1.54, 1.807) is 6.92 Å². The molecule has 0 bridgehead atoms. The van der Waals surface area contributed by atoms with Crippen LogP contribution in [0.5, 0.6) is 0 Å². The van der Waals surface area contributed by atoms with Crippen molar-refractivity contribution in [1.29, 1.82) is 0 Å². The van der Waals surface area contributed by atoms with E-state index >= 15 is 0 Å². The summed E-state index contributed by atoms with van der Waals surface area (Å²) in [6.45, 7) is 1.71. The predicted molar refractivity (Wildman–Crippen MR) is 60.9 cm³/mol. The minimum absolute atomic E-state index is 0.0808. The molecular formula is C12H11F2N3O2. The van der Waals surface area contributed by atoms with Gasteiger partial charge in [0.2, 0.25) is 17.7 Å². The molecule has 0 spiro atoms. The number of carbonyl (C=O) groups is 1. The lowest BCUT2D eigenvalue weighted by molar-refractivity contribution is -0.120. The Kier molecular flexibility index (Phi) is 3.84. The molecule has 19 heavy (non-hydrogen) atoms. The molecule has 0 aliphatic rings. The van der Waals surface area contributed by atoms with Crippen LogP contribution in [-0.4, -0.2) is 16.1 Å². The van der Waals surface area contributed by atoms with Gasteiger partial charge in [-0.25, -0.2) is 8.78 Å². The van der Waals surface area contributed by atoms with Gasteiger partial charge in [-0.05, 0) is 17.7 Å². The van der Waals surface area contributed by atoms with Gasteiger partial charge >= 0.3 is 0 Å². The third-order valence-corrected chi connectivity index (χ3v) is 2.29. The molecule has 1 N–H and O–H groups in total. The number of benzene rings is 1. The Morgan fingerprint density at radius 2 is 1.95 bits per heavy atom. The third-order valence-electron chi connectivity index (χ3n) is 2.29. The Hall–Kier alpha value is -2.31. The zero-order chi connectivity index (χ0) is 13.8. The number of nitrogens with one attached hydrogen (secondary N) is 1. The summed E-state index contributed by atoms with van der Waals surface area (Å²) in [7, 11) is 0. The summed E-state index contributed by atoms with van der Waals surface area (Å²) in [4.78, 5) is 11.6. The Labute approximate surface area is 107 Å². The lowest BCUT2D eigenvalue weighted by Gasteiger charge is -2.03. The predicted octanol–water partition coefficient (Wildman–Crippen LogP) is 1.52. The van der Waals surface area contributed by atoms with Crippen molar-refractivity contribution in [3.8, 4) is 0 Å². The fourth-order valence-corrected chi connectivity index (χ4v) is 1.54. The first-order valence-electron chi connectivity index (χ1n) is 5.53. The number of amides is 1. The molecule has 2 rings (SSSR count). The van der Waals surface area contributed by atoms with Gasteiger partial charge in [-0.2, -0.15) is 0 Å². The Bertz CT molecular complexity index is 578. The van der Waals surface area contributed by atoms with Crippen molar-refractivity contribution in [3.05, 3.63) is 47.2 Å². The second-order valence-corrected chi connectivity index (χ2v) is 3.95. The topological polar surface area (TPSA) is 68.0 Å². The first-order chi connectivity index (χ1) is 9.02. The van der Waals surface area contributed by atoms with Gasteiger partial charge in [0.25, 0.3) is 0 Å². The van der Waals surface area contributed by atoms with Crippen LogP contribution in [0.2, 0.25) is 0 Å². The Morgan fingerprint density at radius 1 is 1.26 bits per heavy atom. The zero-order valence-corrected chi connectivity index (χ0v) is 10.1. The first-order valence-corrected chi connectivity index (χ1v) is 5.53. The van der Waals surface area contributed by atoms with E-state index in [0.29, 0.717) is 5.89 Å². The maximum atomic E-state index is 12.9. The van der Waals surface area contributed by atoms with Crippen molar-refractivity contribution < 1.29 is 18.0 Å². The molecule has 0 saturated heterocycles. The molecule has 5 nitrogen and oxygen atoms in total. The number of rotatable bonds is 4. The molecule has 1 aromatic heterocycles. The molecule has 0 fully saturated rings. The largest absolute Gasteiger partial charge is 0.424 e. The van der Waals surface area contributed by atoms with Crippen LogP contribution in [0.15, 0.2) is 22.6 Å². The van der Waals surface area contributed by atoms with Gasteiger partial charge in [0, 0.05) is 13.0 Å². The van der Waals surface area contributed by atoms with Crippen LogP contribution < -0.4 is 5.32 Å². The van der Waals surface area contributed by atoms with E-state index in [1.807, 2.05) is 0 Å². The first kappa shape index (κ1) is 13.1. The highest BCUT2D eigenvalue weighted by Gasteiger charge is 2.08. The fourth-order valence-electron chi connectivity index (χ4n) is 1.54. The van der Waals surface area contributed by atoms with Gasteiger partial charge in [0.1, 0.15) is 11.6 Å². The van der Waals surface area contributed by atoms with E-state index in [4.69, 9.17) is 4.42 Å². The van der Waals surface area contributed by atoms with Crippen LogP contribution in [0.25, 0.3) is 0 Å². The van der Waals surface area contributed by atoms with Gasteiger partial charge in [-0.3, -0.25) is 4.79 Å². The SMILES string of the molecule is Cc1nnc(CNC(=O)Cc2cc(F)cc(F)c2)o1. The number of halogens is 2. The Balaban J connectivity index is 1.90. The van der Waals surface area contributed by atoms with Crippen molar-refractivity contribution in [2.45, 2.75) is 19.9 Å². The highest BCUT2D eigenvalue weighted by molar-refractivity contribution is 5.78. The molecule has 0 saturated carbocycles. The molecule has 1 aromatic carbocycles. The van der Waals surface area contributed by atoms with Crippen LogP contribution in [0.3, 0.4) is 0 Å². The van der Waals surface area contributed by atoms with Gasteiger partial charge in [-0.15, -0.1) is 10.2 Å². The maximum absolute atomic E-state index is 12.9. The summed E-state index contributed by atoms with van der Waals surface area (Å²) >= 11 is 0. The fraction of sp³-hybridized carbons (Fsp3) is 0.250. The maximum Gasteiger partial charge on any atom is 0.235 e.